The number of carbonyl (C=O) groups is 1. The van der Waals surface area contributed by atoms with Crippen molar-refractivity contribution in [3.05, 3.63) is 54.4 Å². The Labute approximate surface area is 106 Å². The molecule has 0 bridgehead atoms. The number of hydrogen-bond donors (Lipinski definition) is 1. The molecule has 0 fully saturated rings. The van der Waals surface area contributed by atoms with E-state index in [0.29, 0.717) is 6.42 Å². The van der Waals surface area contributed by atoms with E-state index in [0.717, 1.165) is 11.3 Å². The van der Waals surface area contributed by atoms with Crippen LogP contribution >= 0.6 is 0 Å². The van der Waals surface area contributed by atoms with Crippen molar-refractivity contribution in [2.24, 2.45) is 7.05 Å². The Morgan fingerprint density at radius 1 is 1.39 bits per heavy atom. The highest BCUT2D eigenvalue weighted by molar-refractivity contribution is 5.91. The zero-order valence-electron chi connectivity index (χ0n) is 10.2. The molecule has 0 saturated heterocycles. The highest BCUT2D eigenvalue weighted by atomic mass is 16.1. The molecule has 4 nitrogen and oxygen atoms in total. The van der Waals surface area contributed by atoms with Gasteiger partial charge in [0.1, 0.15) is 0 Å². The average molecular weight is 241 g/mol. The van der Waals surface area contributed by atoms with Gasteiger partial charge >= 0.3 is 0 Å². The van der Waals surface area contributed by atoms with Gasteiger partial charge in [-0.2, -0.15) is 5.10 Å². The summed E-state index contributed by atoms with van der Waals surface area (Å²) in [5, 5.41) is 6.76. The smallest absolute Gasteiger partial charge is 0.228 e. The number of benzene rings is 1. The average Bonchev–Trinajstić information content (AvgIpc) is 2.76. The minimum atomic E-state index is -0.0461. The Bertz CT molecular complexity index is 543. The summed E-state index contributed by atoms with van der Waals surface area (Å²) in [7, 11) is 1.81. The van der Waals surface area contributed by atoms with Crippen LogP contribution in [0.2, 0.25) is 0 Å². The maximum Gasteiger partial charge on any atom is 0.228 e. The van der Waals surface area contributed by atoms with Crippen molar-refractivity contribution in [2.75, 3.05) is 5.32 Å². The number of rotatable bonds is 4. The molecular formula is C14H15N3O. The van der Waals surface area contributed by atoms with Crippen LogP contribution in [0.5, 0.6) is 0 Å². The van der Waals surface area contributed by atoms with Gasteiger partial charge in [0, 0.05) is 19.7 Å². The summed E-state index contributed by atoms with van der Waals surface area (Å²) in [5.74, 6) is -0.0461. The Balaban J connectivity index is 1.83. The molecule has 4 heteroatoms. The quantitative estimate of drug-likeness (QED) is 0.893. The van der Waals surface area contributed by atoms with Gasteiger partial charge in [-0.05, 0) is 5.56 Å². The van der Waals surface area contributed by atoms with Gasteiger partial charge in [0.05, 0.1) is 11.9 Å². The van der Waals surface area contributed by atoms with E-state index >= 15 is 0 Å². The van der Waals surface area contributed by atoms with Gasteiger partial charge in [-0.3, -0.25) is 9.48 Å². The summed E-state index contributed by atoms with van der Waals surface area (Å²) in [6, 6.07) is 9.89. The standard InChI is InChI=1S/C14H15N3O/c1-17-11-13(10-15-17)16-14(18)9-5-8-12-6-3-2-4-7-12/h2-8,10-11H,9H2,1H3,(H,16,18). The van der Waals surface area contributed by atoms with Crippen LogP contribution in [-0.2, 0) is 11.8 Å². The number of anilines is 1. The fourth-order valence-corrected chi connectivity index (χ4v) is 1.56. The second kappa shape index (κ2) is 5.82. The number of amides is 1. The molecule has 18 heavy (non-hydrogen) atoms. The Morgan fingerprint density at radius 2 is 2.17 bits per heavy atom. The molecule has 2 rings (SSSR count). The highest BCUT2D eigenvalue weighted by Gasteiger charge is 2.00. The molecule has 1 aromatic heterocycles. The molecule has 0 atom stereocenters. The van der Waals surface area contributed by atoms with Gasteiger partial charge in [-0.1, -0.05) is 42.5 Å². The van der Waals surface area contributed by atoms with Gasteiger partial charge < -0.3 is 5.32 Å². The topological polar surface area (TPSA) is 46.9 Å². The number of carbonyl (C=O) groups excluding carboxylic acids is 1. The minimum Gasteiger partial charge on any atom is -0.323 e. The third-order valence-electron chi connectivity index (χ3n) is 2.40. The molecule has 0 unspecified atom stereocenters. The number of nitrogens with zero attached hydrogens (tertiary/aromatic N) is 2. The van der Waals surface area contributed by atoms with E-state index in [1.807, 2.05) is 49.5 Å². The number of aryl methyl sites for hydroxylation is 1. The lowest BCUT2D eigenvalue weighted by atomic mass is 10.2. The number of hydrogen-bond acceptors (Lipinski definition) is 2. The maximum atomic E-state index is 11.6. The Morgan fingerprint density at radius 3 is 2.83 bits per heavy atom. The lowest BCUT2D eigenvalue weighted by Crippen LogP contribution is -2.09. The van der Waals surface area contributed by atoms with Gasteiger partial charge in [-0.25, -0.2) is 0 Å². The molecule has 0 aliphatic carbocycles. The van der Waals surface area contributed by atoms with Crippen molar-refractivity contribution in [3.63, 3.8) is 0 Å². The van der Waals surface area contributed by atoms with Crippen LogP contribution < -0.4 is 5.32 Å². The van der Waals surface area contributed by atoms with Crippen LogP contribution in [0.15, 0.2) is 48.8 Å². The van der Waals surface area contributed by atoms with Crippen molar-refractivity contribution in [1.82, 2.24) is 9.78 Å². The number of nitrogens with one attached hydrogen (secondary N) is 1. The molecule has 1 amide bonds. The third-order valence-corrected chi connectivity index (χ3v) is 2.40. The van der Waals surface area contributed by atoms with E-state index in [2.05, 4.69) is 10.4 Å². The van der Waals surface area contributed by atoms with Gasteiger partial charge in [0.15, 0.2) is 0 Å². The molecule has 0 spiro atoms. The van der Waals surface area contributed by atoms with Gasteiger partial charge in [0.2, 0.25) is 5.91 Å². The van der Waals surface area contributed by atoms with Gasteiger partial charge in [0.25, 0.3) is 0 Å². The molecule has 0 saturated carbocycles. The van der Waals surface area contributed by atoms with Crippen LogP contribution in [0, 0.1) is 0 Å². The van der Waals surface area contributed by atoms with Crippen molar-refractivity contribution >= 4 is 17.7 Å². The van der Waals surface area contributed by atoms with E-state index in [-0.39, 0.29) is 5.91 Å². The lowest BCUT2D eigenvalue weighted by molar-refractivity contribution is -0.115. The predicted octanol–water partition coefficient (Wildman–Crippen LogP) is 2.46. The molecular weight excluding hydrogens is 226 g/mol. The minimum absolute atomic E-state index is 0.0461. The summed E-state index contributed by atoms with van der Waals surface area (Å²) < 4.78 is 1.65. The normalized spacial score (nSPS) is 10.7. The summed E-state index contributed by atoms with van der Waals surface area (Å²) in [6.07, 6.45) is 7.52. The van der Waals surface area contributed by atoms with Crippen molar-refractivity contribution < 1.29 is 4.79 Å². The first-order valence-electron chi connectivity index (χ1n) is 5.74. The van der Waals surface area contributed by atoms with E-state index in [1.165, 1.54) is 0 Å². The lowest BCUT2D eigenvalue weighted by Gasteiger charge is -1.98. The van der Waals surface area contributed by atoms with Crippen LogP contribution in [-0.4, -0.2) is 15.7 Å². The van der Waals surface area contributed by atoms with Crippen LogP contribution in [0.1, 0.15) is 12.0 Å². The summed E-state index contributed by atoms with van der Waals surface area (Å²) in [6.45, 7) is 0. The fourth-order valence-electron chi connectivity index (χ4n) is 1.56. The molecule has 92 valence electrons. The molecule has 0 aliphatic heterocycles. The first-order chi connectivity index (χ1) is 8.74. The van der Waals surface area contributed by atoms with E-state index in [9.17, 15) is 4.79 Å². The predicted molar refractivity (Wildman–Crippen MR) is 71.9 cm³/mol. The molecule has 2 aromatic rings. The molecule has 0 aliphatic rings. The summed E-state index contributed by atoms with van der Waals surface area (Å²) in [4.78, 5) is 11.6. The summed E-state index contributed by atoms with van der Waals surface area (Å²) >= 11 is 0. The van der Waals surface area contributed by atoms with Crippen LogP contribution in [0.4, 0.5) is 5.69 Å². The van der Waals surface area contributed by atoms with Crippen molar-refractivity contribution in [3.8, 4) is 0 Å². The second-order valence-electron chi connectivity index (χ2n) is 3.97. The maximum absolute atomic E-state index is 11.6. The second-order valence-corrected chi connectivity index (χ2v) is 3.97. The fraction of sp³-hybridized carbons (Fsp3) is 0.143. The zero-order chi connectivity index (χ0) is 12.8. The SMILES string of the molecule is Cn1cc(NC(=O)CC=Cc2ccccc2)cn1. The van der Waals surface area contributed by atoms with E-state index in [4.69, 9.17) is 0 Å². The highest BCUT2D eigenvalue weighted by Crippen LogP contribution is 2.05. The largest absolute Gasteiger partial charge is 0.323 e. The first kappa shape index (κ1) is 12.1. The molecule has 1 aromatic carbocycles. The van der Waals surface area contributed by atoms with Crippen molar-refractivity contribution in [1.29, 1.82) is 0 Å². The molecule has 0 radical (unpaired) electrons. The summed E-state index contributed by atoms with van der Waals surface area (Å²) in [5.41, 5.74) is 1.81. The molecule has 1 heterocycles. The number of aromatic nitrogens is 2. The molecule has 1 N–H and O–H groups in total. The third kappa shape index (κ3) is 3.59. The Kier molecular flexibility index (Phi) is 3.91. The zero-order valence-corrected chi connectivity index (χ0v) is 10.2. The van der Waals surface area contributed by atoms with E-state index < -0.39 is 0 Å². The van der Waals surface area contributed by atoms with Crippen LogP contribution in [0.25, 0.3) is 6.08 Å². The van der Waals surface area contributed by atoms with E-state index in [1.54, 1.807) is 17.1 Å². The van der Waals surface area contributed by atoms with Gasteiger partial charge in [-0.15, -0.1) is 0 Å². The first-order valence-corrected chi connectivity index (χ1v) is 5.74. The monoisotopic (exact) mass is 241 g/mol. The van der Waals surface area contributed by atoms with Crippen LogP contribution in [0.3, 0.4) is 0 Å². The Hall–Kier alpha value is -2.36. The van der Waals surface area contributed by atoms with Crippen molar-refractivity contribution in [2.45, 2.75) is 6.42 Å².